The lowest BCUT2D eigenvalue weighted by Crippen LogP contribution is -2.51. The molecule has 1 aromatic heterocycles. The smallest absolute Gasteiger partial charge is 0.307 e. The molecule has 1 N–H and O–H groups in total. The van der Waals surface area contributed by atoms with Gasteiger partial charge in [-0.05, 0) is 37.5 Å². The van der Waals surface area contributed by atoms with Gasteiger partial charge in [0.05, 0.1) is 19.3 Å². The number of methoxy groups -OCH3 is 1. The Morgan fingerprint density at radius 2 is 2.25 bits per heavy atom. The molecule has 3 aliphatic rings. The first-order valence-corrected chi connectivity index (χ1v) is 10.0. The Bertz CT molecular complexity index is 973. The molecule has 4 atom stereocenters. The van der Waals surface area contributed by atoms with E-state index in [2.05, 4.69) is 28.9 Å². The number of esters is 1. The molecule has 6 heteroatoms. The van der Waals surface area contributed by atoms with Gasteiger partial charge in [0.1, 0.15) is 17.8 Å². The van der Waals surface area contributed by atoms with Crippen LogP contribution in [0.5, 0.6) is 5.75 Å². The molecule has 6 nitrogen and oxygen atoms in total. The average Bonchev–Trinajstić information content (AvgIpc) is 3.07. The van der Waals surface area contributed by atoms with Crippen LogP contribution in [0.4, 0.5) is 0 Å². The minimum absolute atomic E-state index is 0. The molecule has 0 radical (unpaired) electrons. The third-order valence-electron chi connectivity index (χ3n) is 6.64. The number of carbonyl (C=O) groups is 1. The number of fused-ring (bicyclic) bond motifs is 6. The summed E-state index contributed by atoms with van der Waals surface area (Å²) in [5.74, 6) is 1.79. The maximum absolute atomic E-state index is 11.6. The second kappa shape index (κ2) is 6.55. The molecule has 0 spiro atoms. The van der Waals surface area contributed by atoms with Gasteiger partial charge in [-0.3, -0.25) is 9.69 Å². The standard InChI is InChI=1S/C22H26N2O4.2H2/c1-12-18-10-24-7-6-16-15-5-4-14(26-3)8-19(15)23-22(16)20(24)9-17(18)21(11-27-12)28-13(2)25;;/h4-5,8,11-12,17-18,20,23H,6-7,9-10H2,1-3H3;2*1H/t12-,17?,18-,20?;;/m1../s1. The predicted molar refractivity (Wildman–Crippen MR) is 109 cm³/mol. The fourth-order valence-corrected chi connectivity index (χ4v) is 5.26. The van der Waals surface area contributed by atoms with Gasteiger partial charge in [0, 0.05) is 57.4 Å². The first-order chi connectivity index (χ1) is 13.5. The lowest BCUT2D eigenvalue weighted by atomic mass is 9.74. The van der Waals surface area contributed by atoms with Crippen molar-refractivity contribution in [2.24, 2.45) is 11.8 Å². The van der Waals surface area contributed by atoms with E-state index in [4.69, 9.17) is 14.2 Å². The van der Waals surface area contributed by atoms with Crippen LogP contribution in [0, 0.1) is 11.8 Å². The molecule has 3 aliphatic heterocycles. The zero-order chi connectivity index (χ0) is 19.4. The Hall–Kier alpha value is -2.47. The Morgan fingerprint density at radius 1 is 1.39 bits per heavy atom. The number of piperidine rings is 1. The van der Waals surface area contributed by atoms with E-state index < -0.39 is 0 Å². The van der Waals surface area contributed by atoms with Crippen molar-refractivity contribution in [3.05, 3.63) is 41.5 Å². The Morgan fingerprint density at radius 3 is 3.04 bits per heavy atom. The highest BCUT2D eigenvalue weighted by molar-refractivity contribution is 5.86. The van der Waals surface area contributed by atoms with Crippen LogP contribution in [0.15, 0.2) is 30.2 Å². The van der Waals surface area contributed by atoms with E-state index in [9.17, 15) is 4.79 Å². The van der Waals surface area contributed by atoms with Crippen molar-refractivity contribution >= 4 is 16.9 Å². The molecule has 0 bridgehead atoms. The van der Waals surface area contributed by atoms with Crippen molar-refractivity contribution in [1.82, 2.24) is 9.88 Å². The number of hydrogen-bond donors (Lipinski definition) is 1. The van der Waals surface area contributed by atoms with Crippen LogP contribution in [0.25, 0.3) is 10.9 Å². The van der Waals surface area contributed by atoms with Crippen LogP contribution in [0.3, 0.4) is 0 Å². The summed E-state index contributed by atoms with van der Waals surface area (Å²) in [6.45, 7) is 5.56. The van der Waals surface area contributed by atoms with Gasteiger partial charge in [0.15, 0.2) is 0 Å². The van der Waals surface area contributed by atoms with Crippen LogP contribution in [0.1, 0.15) is 40.4 Å². The highest BCUT2D eigenvalue weighted by atomic mass is 16.6. The van der Waals surface area contributed by atoms with Gasteiger partial charge in [-0.2, -0.15) is 0 Å². The van der Waals surface area contributed by atoms with E-state index in [1.807, 2.05) is 6.07 Å². The van der Waals surface area contributed by atoms with Gasteiger partial charge in [0.2, 0.25) is 0 Å². The van der Waals surface area contributed by atoms with Crippen LogP contribution < -0.4 is 4.74 Å². The quantitative estimate of drug-likeness (QED) is 0.790. The lowest BCUT2D eigenvalue weighted by molar-refractivity contribution is -0.141. The van der Waals surface area contributed by atoms with E-state index in [1.54, 1.807) is 13.4 Å². The lowest BCUT2D eigenvalue weighted by Gasteiger charge is -2.49. The second-order valence-electron chi connectivity index (χ2n) is 8.15. The molecule has 1 aromatic carbocycles. The number of hydrogen-bond acceptors (Lipinski definition) is 5. The van der Waals surface area contributed by atoms with Crippen molar-refractivity contribution in [2.45, 2.75) is 38.8 Å². The SMILES string of the molecule is COc1ccc2c3c([nH]c2c1)C1CC2C(OC(C)=O)=CO[C@H](C)[C@H]2CN1CC3.[HH].[HH]. The largest absolute Gasteiger partial charge is 0.497 e. The topological polar surface area (TPSA) is 63.8 Å². The normalized spacial score (nSPS) is 29.2. The summed E-state index contributed by atoms with van der Waals surface area (Å²) in [4.78, 5) is 17.8. The highest BCUT2D eigenvalue weighted by Crippen LogP contribution is 2.47. The number of nitrogens with one attached hydrogen (secondary N) is 1. The van der Waals surface area contributed by atoms with E-state index in [-0.39, 0.29) is 20.8 Å². The second-order valence-corrected chi connectivity index (χ2v) is 8.15. The maximum Gasteiger partial charge on any atom is 0.307 e. The number of carbonyl (C=O) groups excluding carboxylic acids is 1. The van der Waals surface area contributed by atoms with E-state index in [0.717, 1.165) is 37.2 Å². The fraction of sp³-hybridized carbons (Fsp3) is 0.500. The van der Waals surface area contributed by atoms with Crippen molar-refractivity contribution in [1.29, 1.82) is 0 Å². The van der Waals surface area contributed by atoms with Gasteiger partial charge < -0.3 is 19.2 Å². The predicted octanol–water partition coefficient (Wildman–Crippen LogP) is 4.03. The van der Waals surface area contributed by atoms with E-state index >= 15 is 0 Å². The van der Waals surface area contributed by atoms with Crippen LogP contribution in [-0.4, -0.2) is 42.2 Å². The number of nitrogens with zero attached hydrogens (tertiary/aromatic N) is 1. The molecule has 0 amide bonds. The summed E-state index contributed by atoms with van der Waals surface area (Å²) in [6, 6.07) is 6.56. The van der Waals surface area contributed by atoms with Gasteiger partial charge in [-0.1, -0.05) is 0 Å². The minimum atomic E-state index is -0.285. The minimum Gasteiger partial charge on any atom is -0.497 e. The molecule has 1 fully saturated rings. The summed E-state index contributed by atoms with van der Waals surface area (Å²) < 4.78 is 16.7. The van der Waals surface area contributed by atoms with Crippen LogP contribution in [0.2, 0.25) is 0 Å². The molecule has 28 heavy (non-hydrogen) atoms. The maximum atomic E-state index is 11.6. The number of ether oxygens (including phenoxy) is 3. The summed E-state index contributed by atoms with van der Waals surface area (Å²) in [6.07, 6.45) is 3.74. The van der Waals surface area contributed by atoms with E-state index in [1.165, 1.54) is 23.6 Å². The number of rotatable bonds is 2. The first kappa shape index (κ1) is 17.6. The van der Waals surface area contributed by atoms with Gasteiger partial charge >= 0.3 is 5.97 Å². The van der Waals surface area contributed by atoms with Gasteiger partial charge in [-0.25, -0.2) is 0 Å². The van der Waals surface area contributed by atoms with Gasteiger partial charge in [-0.15, -0.1) is 0 Å². The van der Waals surface area contributed by atoms with Crippen LogP contribution >= 0.6 is 0 Å². The number of aromatic nitrogens is 1. The number of H-pyrrole nitrogens is 1. The molecule has 152 valence electrons. The summed E-state index contributed by atoms with van der Waals surface area (Å²) in [5, 5.41) is 1.29. The Kier molecular flexibility index (Phi) is 4.12. The number of benzene rings is 1. The van der Waals surface area contributed by atoms with E-state index in [0.29, 0.717) is 17.7 Å². The number of aromatic amines is 1. The number of allylic oxidation sites excluding steroid dienone is 1. The molecule has 4 heterocycles. The fourth-order valence-electron chi connectivity index (χ4n) is 5.26. The third-order valence-corrected chi connectivity index (χ3v) is 6.64. The van der Waals surface area contributed by atoms with Crippen molar-refractivity contribution in [3.63, 3.8) is 0 Å². The Balaban J connectivity index is 0.00000128. The van der Waals surface area contributed by atoms with Gasteiger partial charge in [0.25, 0.3) is 0 Å². The average molecular weight is 386 g/mol. The van der Waals surface area contributed by atoms with Crippen molar-refractivity contribution < 1.29 is 21.9 Å². The molecule has 2 unspecified atom stereocenters. The molecule has 0 saturated carbocycles. The van der Waals surface area contributed by atoms with Crippen molar-refractivity contribution in [2.75, 3.05) is 20.2 Å². The zero-order valence-corrected chi connectivity index (χ0v) is 16.5. The Labute approximate surface area is 167 Å². The molecule has 2 aromatic rings. The monoisotopic (exact) mass is 386 g/mol. The summed E-state index contributed by atoms with van der Waals surface area (Å²) in [5.41, 5.74) is 3.84. The molecule has 5 rings (SSSR count). The summed E-state index contributed by atoms with van der Waals surface area (Å²) in [7, 11) is 1.70. The molecular weight excluding hydrogens is 356 g/mol. The first-order valence-electron chi connectivity index (χ1n) is 10.0. The summed E-state index contributed by atoms with van der Waals surface area (Å²) >= 11 is 0. The molecule has 0 aliphatic carbocycles. The molecule has 1 saturated heterocycles. The van der Waals surface area contributed by atoms with Crippen molar-refractivity contribution in [3.8, 4) is 5.75 Å². The third kappa shape index (κ3) is 2.70. The highest BCUT2D eigenvalue weighted by Gasteiger charge is 2.46. The zero-order valence-electron chi connectivity index (χ0n) is 16.5. The van der Waals surface area contributed by atoms with Crippen LogP contribution in [-0.2, 0) is 20.7 Å². The molecular formula is C22H30N2O4.